The number of nitrogens with two attached hydrogens (primary N) is 1. The van der Waals surface area contributed by atoms with Crippen molar-refractivity contribution in [3.05, 3.63) is 24.3 Å². The molecule has 4 nitrogen and oxygen atoms in total. The highest BCUT2D eigenvalue weighted by Crippen LogP contribution is 2.37. The molecule has 0 aromatic heterocycles. The van der Waals surface area contributed by atoms with Crippen molar-refractivity contribution in [2.75, 3.05) is 17.6 Å². The Morgan fingerprint density at radius 3 is 2.29 bits per heavy atom. The number of sulfone groups is 1. The predicted molar refractivity (Wildman–Crippen MR) is 68.8 cm³/mol. The maximum atomic E-state index is 11.6. The molecule has 2 rings (SSSR count). The van der Waals surface area contributed by atoms with Crippen molar-refractivity contribution >= 4 is 15.5 Å². The first-order valence-corrected chi connectivity index (χ1v) is 7.48. The monoisotopic (exact) mass is 254 g/mol. The fraction of sp³-hybridized carbons (Fsp3) is 0.500. The lowest BCUT2D eigenvalue weighted by Gasteiger charge is -2.16. The van der Waals surface area contributed by atoms with Gasteiger partial charge in [-0.15, -0.1) is 0 Å². The second-order valence-electron chi connectivity index (χ2n) is 4.54. The molecule has 1 fully saturated rings. The summed E-state index contributed by atoms with van der Waals surface area (Å²) in [6.07, 6.45) is 2.16. The van der Waals surface area contributed by atoms with Crippen molar-refractivity contribution in [1.82, 2.24) is 0 Å². The van der Waals surface area contributed by atoms with Gasteiger partial charge in [0.15, 0.2) is 9.84 Å². The average Bonchev–Trinajstić information content (AvgIpc) is 3.10. The average molecular weight is 254 g/mol. The van der Waals surface area contributed by atoms with Crippen molar-refractivity contribution in [3.63, 3.8) is 0 Å². The lowest BCUT2D eigenvalue weighted by Crippen LogP contribution is -2.30. The van der Waals surface area contributed by atoms with E-state index in [-0.39, 0.29) is 11.3 Å². The van der Waals surface area contributed by atoms with Crippen LogP contribution in [0.15, 0.2) is 29.2 Å². The van der Waals surface area contributed by atoms with Gasteiger partial charge in [0.05, 0.1) is 10.6 Å². The minimum absolute atomic E-state index is 0.0468. The molecule has 0 saturated heterocycles. The van der Waals surface area contributed by atoms with Crippen LogP contribution in [0.2, 0.25) is 0 Å². The van der Waals surface area contributed by atoms with Crippen LogP contribution in [-0.2, 0) is 9.84 Å². The van der Waals surface area contributed by atoms with Crippen LogP contribution in [0.1, 0.15) is 19.8 Å². The fourth-order valence-corrected chi connectivity index (χ4v) is 2.63. The first kappa shape index (κ1) is 12.4. The summed E-state index contributed by atoms with van der Waals surface area (Å²) in [5.74, 6) is 0.131. The van der Waals surface area contributed by atoms with Gasteiger partial charge < -0.3 is 11.1 Å². The van der Waals surface area contributed by atoms with E-state index in [0.717, 1.165) is 18.5 Å². The van der Waals surface area contributed by atoms with Crippen molar-refractivity contribution in [2.24, 2.45) is 5.73 Å². The number of nitrogens with one attached hydrogen (secondary N) is 1. The highest BCUT2D eigenvalue weighted by Gasteiger charge is 2.41. The first-order chi connectivity index (χ1) is 8.01. The molecular weight excluding hydrogens is 236 g/mol. The highest BCUT2D eigenvalue weighted by molar-refractivity contribution is 7.91. The highest BCUT2D eigenvalue weighted by atomic mass is 32.2. The Bertz CT molecular complexity index is 490. The van der Waals surface area contributed by atoms with Gasteiger partial charge in [-0.05, 0) is 37.1 Å². The van der Waals surface area contributed by atoms with Gasteiger partial charge in [-0.1, -0.05) is 6.92 Å². The van der Waals surface area contributed by atoms with Crippen LogP contribution in [0.4, 0.5) is 5.69 Å². The number of benzene rings is 1. The number of anilines is 1. The van der Waals surface area contributed by atoms with E-state index in [4.69, 9.17) is 5.73 Å². The van der Waals surface area contributed by atoms with Crippen LogP contribution in [0.3, 0.4) is 0 Å². The first-order valence-electron chi connectivity index (χ1n) is 5.82. The standard InChI is InChI=1S/C12H18N2O2S/c1-2-17(15,16)11-5-3-10(4-6-11)14-12(9-13)7-8-12/h3-6,14H,2,7-9,13H2,1H3. The van der Waals surface area contributed by atoms with Crippen LogP contribution >= 0.6 is 0 Å². The second-order valence-corrected chi connectivity index (χ2v) is 6.82. The van der Waals surface area contributed by atoms with Crippen LogP contribution in [0, 0.1) is 0 Å². The van der Waals surface area contributed by atoms with E-state index in [1.54, 1.807) is 31.2 Å². The molecule has 1 aliphatic carbocycles. The molecule has 1 saturated carbocycles. The smallest absolute Gasteiger partial charge is 0.178 e. The van der Waals surface area contributed by atoms with Crippen molar-refractivity contribution < 1.29 is 8.42 Å². The van der Waals surface area contributed by atoms with Gasteiger partial charge in [0.2, 0.25) is 0 Å². The summed E-state index contributed by atoms with van der Waals surface area (Å²) in [7, 11) is -3.10. The Morgan fingerprint density at radius 1 is 1.29 bits per heavy atom. The van der Waals surface area contributed by atoms with Gasteiger partial charge in [0, 0.05) is 17.8 Å². The lowest BCUT2D eigenvalue weighted by molar-refractivity contribution is 0.597. The molecule has 0 radical (unpaired) electrons. The van der Waals surface area contributed by atoms with Gasteiger partial charge in [-0.3, -0.25) is 0 Å². The Kier molecular flexibility index (Phi) is 3.14. The quantitative estimate of drug-likeness (QED) is 0.832. The van der Waals surface area contributed by atoms with Crippen molar-refractivity contribution in [3.8, 4) is 0 Å². The Hall–Kier alpha value is -1.07. The van der Waals surface area contributed by atoms with E-state index in [0.29, 0.717) is 11.4 Å². The molecule has 0 unspecified atom stereocenters. The summed E-state index contributed by atoms with van der Waals surface area (Å²) in [4.78, 5) is 0.378. The Labute approximate surface area is 102 Å². The third-order valence-corrected chi connectivity index (χ3v) is 5.00. The number of rotatable bonds is 5. The summed E-state index contributed by atoms with van der Waals surface area (Å²) in [5.41, 5.74) is 6.66. The molecule has 1 aromatic rings. The van der Waals surface area contributed by atoms with Gasteiger partial charge in [-0.2, -0.15) is 0 Å². The lowest BCUT2D eigenvalue weighted by atomic mass is 10.2. The van der Waals surface area contributed by atoms with Crippen molar-refractivity contribution in [2.45, 2.75) is 30.2 Å². The van der Waals surface area contributed by atoms with Gasteiger partial charge in [-0.25, -0.2) is 8.42 Å². The molecule has 17 heavy (non-hydrogen) atoms. The van der Waals surface area contributed by atoms with E-state index in [1.165, 1.54) is 0 Å². The maximum absolute atomic E-state index is 11.6. The van der Waals surface area contributed by atoms with Crippen LogP contribution in [-0.4, -0.2) is 26.3 Å². The third-order valence-electron chi connectivity index (χ3n) is 3.25. The number of hydrogen-bond acceptors (Lipinski definition) is 4. The zero-order valence-corrected chi connectivity index (χ0v) is 10.8. The summed E-state index contributed by atoms with van der Waals surface area (Å²) in [5, 5.41) is 3.36. The number of hydrogen-bond donors (Lipinski definition) is 2. The molecule has 3 N–H and O–H groups in total. The maximum Gasteiger partial charge on any atom is 0.178 e. The van der Waals surface area contributed by atoms with E-state index in [2.05, 4.69) is 5.32 Å². The largest absolute Gasteiger partial charge is 0.378 e. The van der Waals surface area contributed by atoms with E-state index in [9.17, 15) is 8.42 Å². The van der Waals surface area contributed by atoms with Crippen LogP contribution in [0.5, 0.6) is 0 Å². The summed E-state index contributed by atoms with van der Waals surface area (Å²) in [6.45, 7) is 2.26. The zero-order chi connectivity index (χ0) is 12.5. The van der Waals surface area contributed by atoms with Crippen LogP contribution < -0.4 is 11.1 Å². The molecule has 0 spiro atoms. The van der Waals surface area contributed by atoms with Gasteiger partial charge in [0.1, 0.15) is 0 Å². The topological polar surface area (TPSA) is 72.2 Å². The molecule has 0 atom stereocenters. The molecule has 0 aliphatic heterocycles. The molecular formula is C12H18N2O2S. The molecule has 0 amide bonds. The molecule has 0 bridgehead atoms. The molecule has 1 aliphatic rings. The fourth-order valence-electron chi connectivity index (χ4n) is 1.75. The summed E-state index contributed by atoms with van der Waals surface area (Å²) < 4.78 is 23.3. The van der Waals surface area contributed by atoms with E-state index < -0.39 is 9.84 Å². The van der Waals surface area contributed by atoms with Gasteiger partial charge >= 0.3 is 0 Å². The summed E-state index contributed by atoms with van der Waals surface area (Å²) in [6, 6.07) is 6.90. The van der Waals surface area contributed by atoms with E-state index >= 15 is 0 Å². The third kappa shape index (κ3) is 2.61. The van der Waals surface area contributed by atoms with Crippen molar-refractivity contribution in [1.29, 1.82) is 0 Å². The normalized spacial score (nSPS) is 17.8. The minimum Gasteiger partial charge on any atom is -0.378 e. The minimum atomic E-state index is -3.10. The Morgan fingerprint density at radius 2 is 1.88 bits per heavy atom. The Balaban J connectivity index is 2.14. The predicted octanol–water partition coefficient (Wildman–Crippen LogP) is 1.38. The van der Waals surface area contributed by atoms with Crippen LogP contribution in [0.25, 0.3) is 0 Å². The van der Waals surface area contributed by atoms with E-state index in [1.807, 2.05) is 0 Å². The molecule has 1 aromatic carbocycles. The SMILES string of the molecule is CCS(=O)(=O)c1ccc(NC2(CN)CC2)cc1. The summed E-state index contributed by atoms with van der Waals surface area (Å²) >= 11 is 0. The zero-order valence-electron chi connectivity index (χ0n) is 9.94. The second kappa shape index (κ2) is 4.31. The molecule has 94 valence electrons. The molecule has 0 heterocycles. The van der Waals surface area contributed by atoms with Gasteiger partial charge in [0.25, 0.3) is 0 Å². The molecule has 5 heteroatoms.